The predicted molar refractivity (Wildman–Crippen MR) is 103 cm³/mol. The zero-order valence-corrected chi connectivity index (χ0v) is 16.0. The normalized spacial score (nSPS) is 15.0. The fourth-order valence-electron chi connectivity index (χ4n) is 3.38. The van der Waals surface area contributed by atoms with Gasteiger partial charge in [-0.05, 0) is 44.0 Å². The van der Waals surface area contributed by atoms with Gasteiger partial charge in [-0.15, -0.1) is 0 Å². The summed E-state index contributed by atoms with van der Waals surface area (Å²) in [6.45, 7) is 6.35. The maximum atomic E-state index is 12.8. The summed E-state index contributed by atoms with van der Waals surface area (Å²) in [5.41, 5.74) is 3.56. The minimum atomic E-state index is 0.0406. The lowest BCUT2D eigenvalue weighted by atomic mass is 10.1. The third-order valence-corrected chi connectivity index (χ3v) is 5.04. The van der Waals surface area contributed by atoms with Crippen molar-refractivity contribution < 1.29 is 9.59 Å². The van der Waals surface area contributed by atoms with Gasteiger partial charge in [0.05, 0.1) is 12.0 Å². The van der Waals surface area contributed by atoms with Crippen molar-refractivity contribution >= 4 is 23.4 Å². The Morgan fingerprint density at radius 1 is 1.04 bits per heavy atom. The molecule has 26 heavy (non-hydrogen) atoms. The summed E-state index contributed by atoms with van der Waals surface area (Å²) < 4.78 is 0. The van der Waals surface area contributed by atoms with E-state index in [1.807, 2.05) is 41.8 Å². The Bertz CT molecular complexity index is 798. The largest absolute Gasteiger partial charge is 0.362 e. The van der Waals surface area contributed by atoms with E-state index in [-0.39, 0.29) is 11.8 Å². The Labute approximate surface area is 158 Å². The monoisotopic (exact) mass is 373 g/mol. The smallest absolute Gasteiger partial charge is 0.255 e. The third kappa shape index (κ3) is 4.28. The molecule has 2 aromatic rings. The fourth-order valence-corrected chi connectivity index (χ4v) is 3.50. The Balaban J connectivity index is 1.60. The van der Waals surface area contributed by atoms with E-state index < -0.39 is 0 Å². The molecule has 2 amide bonds. The number of amides is 2. The van der Waals surface area contributed by atoms with Gasteiger partial charge in [0.2, 0.25) is 5.91 Å². The molecule has 1 aliphatic rings. The first-order chi connectivity index (χ1) is 12.4. The van der Waals surface area contributed by atoms with Crippen LogP contribution in [0.3, 0.4) is 0 Å². The van der Waals surface area contributed by atoms with Crippen LogP contribution in [0.15, 0.2) is 30.3 Å². The lowest BCUT2D eigenvalue weighted by Crippen LogP contribution is -2.38. The molecular weight excluding hydrogens is 350 g/mol. The second kappa shape index (κ2) is 7.96. The molecule has 1 fully saturated rings. The number of aryl methyl sites for hydroxylation is 2. The van der Waals surface area contributed by atoms with Crippen molar-refractivity contribution in [1.82, 2.24) is 14.8 Å². The summed E-state index contributed by atoms with van der Waals surface area (Å²) in [7, 11) is 0. The highest BCUT2D eigenvalue weighted by molar-refractivity contribution is 6.30. The summed E-state index contributed by atoms with van der Waals surface area (Å²) in [6, 6.07) is 9.25. The maximum Gasteiger partial charge on any atom is 0.255 e. The van der Waals surface area contributed by atoms with Crippen molar-refractivity contribution in [3.8, 4) is 0 Å². The zero-order valence-electron chi connectivity index (χ0n) is 15.2. The lowest BCUT2D eigenvalue weighted by Gasteiger charge is -2.22. The van der Waals surface area contributed by atoms with Crippen LogP contribution in [0.1, 0.15) is 33.7 Å². The van der Waals surface area contributed by atoms with E-state index in [2.05, 4.69) is 4.98 Å². The molecule has 138 valence electrons. The number of aromatic amines is 1. The van der Waals surface area contributed by atoms with E-state index in [9.17, 15) is 9.59 Å². The van der Waals surface area contributed by atoms with Gasteiger partial charge in [0.1, 0.15) is 0 Å². The summed E-state index contributed by atoms with van der Waals surface area (Å²) in [4.78, 5) is 32.3. The topological polar surface area (TPSA) is 56.4 Å². The van der Waals surface area contributed by atoms with E-state index in [0.29, 0.717) is 37.6 Å². The van der Waals surface area contributed by atoms with Crippen LogP contribution in [0.5, 0.6) is 0 Å². The molecule has 0 unspecified atom stereocenters. The number of hydrogen-bond donors (Lipinski definition) is 1. The molecule has 3 rings (SSSR count). The average Bonchev–Trinajstić information content (AvgIpc) is 2.82. The van der Waals surface area contributed by atoms with E-state index in [1.165, 1.54) is 0 Å². The van der Waals surface area contributed by atoms with Crippen molar-refractivity contribution in [2.45, 2.75) is 26.7 Å². The number of halogens is 1. The van der Waals surface area contributed by atoms with Crippen molar-refractivity contribution in [2.75, 3.05) is 26.2 Å². The van der Waals surface area contributed by atoms with E-state index in [4.69, 9.17) is 11.6 Å². The lowest BCUT2D eigenvalue weighted by molar-refractivity contribution is -0.130. The second-order valence-electron chi connectivity index (χ2n) is 6.82. The van der Waals surface area contributed by atoms with Crippen LogP contribution >= 0.6 is 11.6 Å². The van der Waals surface area contributed by atoms with Gasteiger partial charge in [-0.2, -0.15) is 0 Å². The Kier molecular flexibility index (Phi) is 5.67. The van der Waals surface area contributed by atoms with Crippen molar-refractivity contribution in [1.29, 1.82) is 0 Å². The van der Waals surface area contributed by atoms with Crippen molar-refractivity contribution in [3.63, 3.8) is 0 Å². The van der Waals surface area contributed by atoms with Crippen LogP contribution in [-0.4, -0.2) is 52.8 Å². The Morgan fingerprint density at radius 3 is 2.35 bits per heavy atom. The molecule has 1 aromatic heterocycles. The first kappa shape index (κ1) is 18.5. The molecule has 0 saturated carbocycles. The summed E-state index contributed by atoms with van der Waals surface area (Å²) >= 11 is 5.89. The van der Waals surface area contributed by atoms with E-state index >= 15 is 0 Å². The van der Waals surface area contributed by atoms with Gasteiger partial charge in [-0.1, -0.05) is 23.7 Å². The van der Waals surface area contributed by atoms with Crippen molar-refractivity contribution in [3.05, 3.63) is 57.9 Å². The van der Waals surface area contributed by atoms with E-state index in [1.54, 1.807) is 12.1 Å². The molecule has 6 heteroatoms. The third-order valence-electron chi connectivity index (χ3n) is 4.78. The SMILES string of the molecule is Cc1cc(C(=O)N2CCCN(C(=O)Cc3ccc(Cl)cc3)CC2)c(C)[nH]1. The molecule has 1 aliphatic heterocycles. The van der Waals surface area contributed by atoms with Gasteiger partial charge < -0.3 is 14.8 Å². The molecule has 0 bridgehead atoms. The highest BCUT2D eigenvalue weighted by Gasteiger charge is 2.24. The number of hydrogen-bond acceptors (Lipinski definition) is 2. The van der Waals surface area contributed by atoms with Gasteiger partial charge in [-0.3, -0.25) is 9.59 Å². The standard InChI is InChI=1S/C20H24ClN3O2/c1-14-12-18(15(2)22-14)20(26)24-9-3-8-23(10-11-24)19(25)13-16-4-6-17(21)7-5-16/h4-7,12,22H,3,8-11,13H2,1-2H3. The quantitative estimate of drug-likeness (QED) is 0.898. The highest BCUT2D eigenvalue weighted by atomic mass is 35.5. The average molecular weight is 374 g/mol. The molecular formula is C20H24ClN3O2. The summed E-state index contributed by atoms with van der Waals surface area (Å²) in [5.74, 6) is 0.133. The molecule has 1 saturated heterocycles. The Morgan fingerprint density at radius 2 is 1.69 bits per heavy atom. The van der Waals surface area contributed by atoms with Gasteiger partial charge in [0.25, 0.3) is 5.91 Å². The molecule has 0 aliphatic carbocycles. The van der Waals surface area contributed by atoms with Crippen LogP contribution < -0.4 is 0 Å². The first-order valence-electron chi connectivity index (χ1n) is 8.92. The number of H-pyrrole nitrogens is 1. The highest BCUT2D eigenvalue weighted by Crippen LogP contribution is 2.15. The minimum absolute atomic E-state index is 0.0406. The predicted octanol–water partition coefficient (Wildman–Crippen LogP) is 3.20. The first-order valence-corrected chi connectivity index (χ1v) is 9.29. The van der Waals surface area contributed by atoms with Crippen LogP contribution in [-0.2, 0) is 11.2 Å². The Hall–Kier alpha value is -2.27. The van der Waals surface area contributed by atoms with E-state index in [0.717, 1.165) is 28.9 Å². The van der Waals surface area contributed by atoms with Gasteiger partial charge >= 0.3 is 0 Å². The number of rotatable bonds is 3. The fraction of sp³-hybridized carbons (Fsp3) is 0.400. The van der Waals surface area contributed by atoms with Gasteiger partial charge in [0, 0.05) is 42.6 Å². The summed E-state index contributed by atoms with van der Waals surface area (Å²) in [5, 5.41) is 0.667. The number of nitrogens with one attached hydrogen (secondary N) is 1. The van der Waals surface area contributed by atoms with Gasteiger partial charge in [-0.25, -0.2) is 0 Å². The van der Waals surface area contributed by atoms with Crippen LogP contribution in [0.4, 0.5) is 0 Å². The van der Waals surface area contributed by atoms with Gasteiger partial charge in [0.15, 0.2) is 0 Å². The number of carbonyl (C=O) groups excluding carboxylic acids is 2. The zero-order chi connectivity index (χ0) is 18.7. The maximum absolute atomic E-state index is 12.8. The number of carbonyl (C=O) groups is 2. The summed E-state index contributed by atoms with van der Waals surface area (Å²) in [6.07, 6.45) is 1.15. The molecule has 0 spiro atoms. The minimum Gasteiger partial charge on any atom is -0.362 e. The van der Waals surface area contributed by atoms with Crippen LogP contribution in [0, 0.1) is 13.8 Å². The van der Waals surface area contributed by atoms with Crippen molar-refractivity contribution in [2.24, 2.45) is 0 Å². The molecule has 1 N–H and O–H groups in total. The number of benzene rings is 1. The molecule has 0 atom stereocenters. The second-order valence-corrected chi connectivity index (χ2v) is 7.26. The molecule has 1 aromatic carbocycles. The molecule has 5 nitrogen and oxygen atoms in total. The number of aromatic nitrogens is 1. The number of nitrogens with zero attached hydrogens (tertiary/aromatic N) is 2. The van der Waals surface area contributed by atoms with Crippen LogP contribution in [0.2, 0.25) is 5.02 Å². The van der Waals surface area contributed by atoms with Crippen LogP contribution in [0.25, 0.3) is 0 Å². The molecule has 0 radical (unpaired) electrons. The molecule has 2 heterocycles.